The van der Waals surface area contributed by atoms with Gasteiger partial charge in [-0.25, -0.2) is 4.98 Å². The Hall–Kier alpha value is -1.13. The average molecular weight is 275 g/mol. The molecule has 20 heavy (non-hydrogen) atoms. The van der Waals surface area contributed by atoms with E-state index in [0.29, 0.717) is 12.1 Å². The van der Waals surface area contributed by atoms with Crippen molar-refractivity contribution in [2.24, 2.45) is 0 Å². The molecule has 0 unspecified atom stereocenters. The minimum absolute atomic E-state index is 0.0564. The van der Waals surface area contributed by atoms with Crippen molar-refractivity contribution in [3.05, 3.63) is 24.4 Å². The van der Waals surface area contributed by atoms with Gasteiger partial charge in [0.05, 0.1) is 6.10 Å². The van der Waals surface area contributed by atoms with E-state index in [1.54, 1.807) is 0 Å². The zero-order chi connectivity index (χ0) is 13.8. The molecule has 4 nitrogen and oxygen atoms in total. The van der Waals surface area contributed by atoms with Crippen LogP contribution in [0.3, 0.4) is 0 Å². The van der Waals surface area contributed by atoms with Crippen molar-refractivity contribution in [3.8, 4) is 0 Å². The Kier molecular flexibility index (Phi) is 4.53. The predicted octanol–water partition coefficient (Wildman–Crippen LogP) is 1.94. The second kappa shape index (κ2) is 6.55. The van der Waals surface area contributed by atoms with Crippen LogP contribution in [0.25, 0.3) is 0 Å². The molecule has 0 amide bonds. The highest BCUT2D eigenvalue weighted by molar-refractivity contribution is 5.38. The summed E-state index contributed by atoms with van der Waals surface area (Å²) in [7, 11) is 0. The molecule has 2 N–H and O–H groups in total. The molecule has 1 aliphatic heterocycles. The zero-order valence-corrected chi connectivity index (χ0v) is 12.0. The smallest absolute Gasteiger partial charge is 0.128 e. The molecule has 110 valence electrons. The highest BCUT2D eigenvalue weighted by Crippen LogP contribution is 2.22. The largest absolute Gasteiger partial charge is 0.393 e. The van der Waals surface area contributed by atoms with Crippen LogP contribution in [0.2, 0.25) is 0 Å². The summed E-state index contributed by atoms with van der Waals surface area (Å²) in [6.07, 6.45) is 8.37. The number of pyridine rings is 1. The SMILES string of the molecule is OC1CCC(NC2CCN(c3ccccn3)CC2)CC1. The van der Waals surface area contributed by atoms with Crippen LogP contribution < -0.4 is 10.2 Å². The number of rotatable bonds is 3. The van der Waals surface area contributed by atoms with E-state index >= 15 is 0 Å². The van der Waals surface area contributed by atoms with Crippen LogP contribution in [0.1, 0.15) is 38.5 Å². The van der Waals surface area contributed by atoms with Crippen molar-refractivity contribution < 1.29 is 5.11 Å². The van der Waals surface area contributed by atoms with Crippen LogP contribution in [0.4, 0.5) is 5.82 Å². The third-order valence-corrected chi connectivity index (χ3v) is 4.64. The lowest BCUT2D eigenvalue weighted by Gasteiger charge is -2.36. The van der Waals surface area contributed by atoms with Crippen LogP contribution in [-0.2, 0) is 0 Å². The molecule has 1 saturated heterocycles. The van der Waals surface area contributed by atoms with Gasteiger partial charge in [0.25, 0.3) is 0 Å². The number of hydrogen-bond donors (Lipinski definition) is 2. The average Bonchev–Trinajstić information content (AvgIpc) is 2.51. The lowest BCUT2D eigenvalue weighted by molar-refractivity contribution is 0.113. The maximum absolute atomic E-state index is 9.55. The van der Waals surface area contributed by atoms with E-state index in [2.05, 4.69) is 27.3 Å². The van der Waals surface area contributed by atoms with Gasteiger partial charge in [-0.3, -0.25) is 0 Å². The monoisotopic (exact) mass is 275 g/mol. The van der Waals surface area contributed by atoms with Crippen molar-refractivity contribution >= 4 is 5.82 Å². The van der Waals surface area contributed by atoms with Gasteiger partial charge in [-0.1, -0.05) is 6.07 Å². The molecular formula is C16H25N3O. The molecule has 0 spiro atoms. The lowest BCUT2D eigenvalue weighted by Crippen LogP contribution is -2.47. The summed E-state index contributed by atoms with van der Waals surface area (Å²) in [5, 5.41) is 13.3. The maximum Gasteiger partial charge on any atom is 0.128 e. The van der Waals surface area contributed by atoms with E-state index in [0.717, 1.165) is 44.6 Å². The number of hydrogen-bond acceptors (Lipinski definition) is 4. The Morgan fingerprint density at radius 2 is 1.70 bits per heavy atom. The Labute approximate surface area is 121 Å². The molecule has 2 fully saturated rings. The first-order valence-electron chi connectivity index (χ1n) is 7.91. The first kappa shape index (κ1) is 13.8. The van der Waals surface area contributed by atoms with Gasteiger partial charge >= 0.3 is 0 Å². The highest BCUT2D eigenvalue weighted by Gasteiger charge is 2.25. The third kappa shape index (κ3) is 3.49. The minimum atomic E-state index is -0.0564. The Balaban J connectivity index is 1.44. The van der Waals surface area contributed by atoms with E-state index in [1.807, 2.05) is 12.3 Å². The van der Waals surface area contributed by atoms with Crippen LogP contribution in [-0.4, -0.2) is 41.4 Å². The van der Waals surface area contributed by atoms with Gasteiger partial charge in [-0.15, -0.1) is 0 Å². The molecule has 2 heterocycles. The second-order valence-corrected chi connectivity index (χ2v) is 6.12. The Morgan fingerprint density at radius 1 is 1.00 bits per heavy atom. The summed E-state index contributed by atoms with van der Waals surface area (Å²) in [6, 6.07) is 7.37. The lowest BCUT2D eigenvalue weighted by atomic mass is 9.91. The van der Waals surface area contributed by atoms with Crippen LogP contribution in [0.15, 0.2) is 24.4 Å². The molecule has 0 bridgehead atoms. The molecule has 0 radical (unpaired) electrons. The van der Waals surface area contributed by atoms with Crippen molar-refractivity contribution in [2.75, 3.05) is 18.0 Å². The summed E-state index contributed by atoms with van der Waals surface area (Å²) in [5.74, 6) is 1.10. The topological polar surface area (TPSA) is 48.4 Å². The third-order valence-electron chi connectivity index (χ3n) is 4.64. The summed E-state index contributed by atoms with van der Waals surface area (Å²) in [5.41, 5.74) is 0. The Morgan fingerprint density at radius 3 is 2.35 bits per heavy atom. The first-order chi connectivity index (χ1) is 9.81. The molecule has 1 aromatic heterocycles. The van der Waals surface area contributed by atoms with E-state index in [4.69, 9.17) is 0 Å². The molecule has 0 aromatic carbocycles. The van der Waals surface area contributed by atoms with Gasteiger partial charge in [-0.2, -0.15) is 0 Å². The standard InChI is InChI=1S/C16H25N3O/c20-15-6-4-13(5-7-15)18-14-8-11-19(12-9-14)16-3-1-2-10-17-16/h1-3,10,13-15,18,20H,4-9,11-12H2. The molecule has 1 aromatic rings. The van der Waals surface area contributed by atoms with Crippen LogP contribution >= 0.6 is 0 Å². The Bertz CT molecular complexity index is 395. The fourth-order valence-corrected chi connectivity index (χ4v) is 3.39. The predicted molar refractivity (Wildman–Crippen MR) is 80.9 cm³/mol. The van der Waals surface area contributed by atoms with Crippen molar-refractivity contribution in [3.63, 3.8) is 0 Å². The van der Waals surface area contributed by atoms with Crippen LogP contribution in [0, 0.1) is 0 Å². The van der Waals surface area contributed by atoms with E-state index in [1.165, 1.54) is 12.8 Å². The fourth-order valence-electron chi connectivity index (χ4n) is 3.39. The van der Waals surface area contributed by atoms with E-state index in [-0.39, 0.29) is 6.10 Å². The van der Waals surface area contributed by atoms with E-state index in [9.17, 15) is 5.11 Å². The molecule has 2 aliphatic rings. The molecule has 1 saturated carbocycles. The number of nitrogens with zero attached hydrogens (tertiary/aromatic N) is 2. The van der Waals surface area contributed by atoms with Crippen LogP contribution in [0.5, 0.6) is 0 Å². The number of aliphatic hydroxyl groups is 1. The van der Waals surface area contributed by atoms with Gasteiger partial charge in [0.2, 0.25) is 0 Å². The van der Waals surface area contributed by atoms with Crippen molar-refractivity contribution in [1.82, 2.24) is 10.3 Å². The molecular weight excluding hydrogens is 250 g/mol. The molecule has 3 rings (SSSR count). The first-order valence-corrected chi connectivity index (χ1v) is 7.91. The van der Waals surface area contributed by atoms with Crippen molar-refractivity contribution in [1.29, 1.82) is 0 Å². The maximum atomic E-state index is 9.55. The number of anilines is 1. The van der Waals surface area contributed by atoms with E-state index < -0.39 is 0 Å². The number of piperidine rings is 1. The summed E-state index contributed by atoms with van der Waals surface area (Å²) in [4.78, 5) is 6.81. The number of aromatic nitrogens is 1. The zero-order valence-electron chi connectivity index (χ0n) is 12.0. The van der Waals surface area contributed by atoms with Crippen molar-refractivity contribution in [2.45, 2.75) is 56.7 Å². The quantitative estimate of drug-likeness (QED) is 0.885. The van der Waals surface area contributed by atoms with Gasteiger partial charge < -0.3 is 15.3 Å². The molecule has 4 heteroatoms. The van der Waals surface area contributed by atoms with Gasteiger partial charge in [0, 0.05) is 31.4 Å². The van der Waals surface area contributed by atoms with Gasteiger partial charge in [-0.05, 0) is 50.7 Å². The van der Waals surface area contributed by atoms with Gasteiger partial charge in [0.1, 0.15) is 5.82 Å². The normalized spacial score (nSPS) is 28.6. The minimum Gasteiger partial charge on any atom is -0.393 e. The number of aliphatic hydroxyl groups excluding tert-OH is 1. The second-order valence-electron chi connectivity index (χ2n) is 6.12. The summed E-state index contributed by atoms with van der Waals surface area (Å²) in [6.45, 7) is 2.17. The molecule has 1 aliphatic carbocycles. The fraction of sp³-hybridized carbons (Fsp3) is 0.688. The van der Waals surface area contributed by atoms with Gasteiger partial charge in [0.15, 0.2) is 0 Å². The number of nitrogens with one attached hydrogen (secondary N) is 1. The summed E-state index contributed by atoms with van der Waals surface area (Å²) < 4.78 is 0. The summed E-state index contributed by atoms with van der Waals surface area (Å²) >= 11 is 0. The molecule has 0 atom stereocenters. The highest BCUT2D eigenvalue weighted by atomic mass is 16.3.